The third kappa shape index (κ3) is 8.86. The summed E-state index contributed by atoms with van der Waals surface area (Å²) in [6, 6.07) is 28.6. The van der Waals surface area contributed by atoms with Crippen molar-refractivity contribution < 1.29 is 36.9 Å². The van der Waals surface area contributed by atoms with Crippen LogP contribution in [-0.2, 0) is 31.1 Å². The monoisotopic (exact) mass is 719 g/mol. The van der Waals surface area contributed by atoms with Gasteiger partial charge in [0.05, 0.1) is 6.10 Å². The fourth-order valence-electron chi connectivity index (χ4n) is 10.2. The van der Waals surface area contributed by atoms with Crippen molar-refractivity contribution in [3.8, 4) is 5.75 Å². The Morgan fingerprint density at radius 3 is 2.02 bits per heavy atom. The van der Waals surface area contributed by atoms with Crippen LogP contribution in [0.3, 0.4) is 0 Å². The molecular weight excluding hydrogens is 667 g/mol. The average molecular weight is 720 g/mol. The molecule has 10 heteroatoms. The molecule has 2 saturated heterocycles. The lowest BCUT2D eigenvalue weighted by molar-refractivity contribution is -0.154. The third-order valence-corrected chi connectivity index (χ3v) is 12.5. The number of carbonyl (C=O) groups excluding carboxylic acids is 1. The van der Waals surface area contributed by atoms with Crippen molar-refractivity contribution in [2.75, 3.05) is 7.05 Å². The first-order chi connectivity index (χ1) is 24.3. The highest BCUT2D eigenvalue weighted by Crippen LogP contribution is 2.61. The minimum atomic E-state index is -4.67. The number of fused-ring (bicyclic) bond motifs is 7. The van der Waals surface area contributed by atoms with Crippen LogP contribution in [0.25, 0.3) is 0 Å². The van der Waals surface area contributed by atoms with Crippen molar-refractivity contribution in [2.24, 2.45) is 17.3 Å². The van der Waals surface area contributed by atoms with E-state index in [2.05, 4.69) is 85.6 Å². The second-order valence-electron chi connectivity index (χ2n) is 15.4. The Labute approximate surface area is 302 Å². The number of piperidine rings is 1. The number of hydrogen-bond donors (Lipinski definition) is 3. The number of ether oxygens (including phenoxy) is 2. The van der Waals surface area contributed by atoms with Crippen LogP contribution in [0.5, 0.6) is 5.75 Å². The van der Waals surface area contributed by atoms with Crippen LogP contribution in [-0.4, -0.2) is 64.8 Å². The van der Waals surface area contributed by atoms with E-state index in [0.717, 1.165) is 19.3 Å². The molecule has 3 aromatic rings. The van der Waals surface area contributed by atoms with Gasteiger partial charge in [-0.2, -0.15) is 8.42 Å². The Morgan fingerprint density at radius 2 is 1.45 bits per heavy atom. The summed E-state index contributed by atoms with van der Waals surface area (Å²) in [6.45, 7) is 3.88. The molecule has 4 fully saturated rings. The summed E-state index contributed by atoms with van der Waals surface area (Å²) in [5.41, 5.74) is 5.46. The van der Waals surface area contributed by atoms with Crippen LogP contribution in [0.2, 0.25) is 0 Å². The molecule has 0 amide bonds. The molecule has 7 unspecified atom stereocenters. The SMILES string of the molecule is CC(=O)OC1CCC2C3CCc4cc(O)ccc4C3CCC12C.CN1C2CCC1CC(OC(c1ccccc1)c1ccccc1)C2.O=S(=O)(O)O. The Hall–Kier alpha value is -3.28. The number of nitrogens with zero attached hydrogens (tertiary/aromatic N) is 1. The van der Waals surface area contributed by atoms with Gasteiger partial charge in [-0.3, -0.25) is 13.9 Å². The molecule has 51 heavy (non-hydrogen) atoms. The van der Waals surface area contributed by atoms with Crippen molar-refractivity contribution in [2.45, 2.75) is 114 Å². The molecule has 5 aliphatic rings. The van der Waals surface area contributed by atoms with E-state index in [1.54, 1.807) is 0 Å². The summed E-state index contributed by atoms with van der Waals surface area (Å²) in [5.74, 6) is 2.23. The third-order valence-electron chi connectivity index (χ3n) is 12.5. The van der Waals surface area contributed by atoms with Gasteiger partial charge in [-0.05, 0) is 123 Å². The standard InChI is InChI=1S/C21H25NO.C20H26O3.H2O4S/c1-22-18-12-13-19(22)15-20(14-18)23-21(16-8-4-2-5-9-16)17-10-6-3-7-11-17;1-12(21)23-19-8-7-18-17-5-3-13-11-14(22)4-6-15(13)16(17)9-10-20(18,19)2;1-5(2,3)4/h2-11,18-21H,12-15H2,1H3;4,6,11,16-19,22H,3,5,7-10H2,1-2H3;(H2,1,2,3,4). The Kier molecular flexibility index (Phi) is 11.6. The first-order valence-electron chi connectivity index (χ1n) is 18.5. The zero-order chi connectivity index (χ0) is 36.3. The highest BCUT2D eigenvalue weighted by molar-refractivity contribution is 7.79. The summed E-state index contributed by atoms with van der Waals surface area (Å²) in [4.78, 5) is 14.0. The lowest BCUT2D eigenvalue weighted by atomic mass is 9.55. The number of phenols is 1. The molecule has 3 N–H and O–H groups in total. The number of aryl methyl sites for hydroxylation is 1. The first kappa shape index (κ1) is 37.5. The second kappa shape index (κ2) is 15.8. The van der Waals surface area contributed by atoms with Crippen LogP contribution in [0.1, 0.15) is 106 Å². The van der Waals surface area contributed by atoms with E-state index >= 15 is 0 Å². The largest absolute Gasteiger partial charge is 0.508 e. The summed E-state index contributed by atoms with van der Waals surface area (Å²) >= 11 is 0. The van der Waals surface area contributed by atoms with Crippen LogP contribution in [0.15, 0.2) is 78.9 Å². The number of rotatable bonds is 5. The molecule has 2 heterocycles. The van der Waals surface area contributed by atoms with Gasteiger partial charge in [-0.25, -0.2) is 0 Å². The molecule has 2 aliphatic heterocycles. The second-order valence-corrected chi connectivity index (χ2v) is 16.3. The highest BCUT2D eigenvalue weighted by atomic mass is 32.3. The minimum absolute atomic E-state index is 0.0465. The van der Waals surface area contributed by atoms with E-state index in [0.29, 0.717) is 41.7 Å². The maximum atomic E-state index is 11.4. The van der Waals surface area contributed by atoms with Gasteiger partial charge in [0, 0.05) is 24.4 Å². The van der Waals surface area contributed by atoms with Gasteiger partial charge in [0.1, 0.15) is 18.0 Å². The number of esters is 1. The number of carbonyl (C=O) groups is 1. The van der Waals surface area contributed by atoms with Crippen molar-refractivity contribution in [3.05, 3.63) is 101 Å². The lowest BCUT2D eigenvalue weighted by Crippen LogP contribution is -2.45. The smallest absolute Gasteiger partial charge is 0.394 e. The van der Waals surface area contributed by atoms with E-state index < -0.39 is 10.4 Å². The predicted octanol–water partition coefficient (Wildman–Crippen LogP) is 7.95. The van der Waals surface area contributed by atoms with Gasteiger partial charge in [-0.1, -0.05) is 73.7 Å². The molecule has 8 rings (SSSR count). The van der Waals surface area contributed by atoms with Crippen molar-refractivity contribution in [3.63, 3.8) is 0 Å². The van der Waals surface area contributed by atoms with Gasteiger partial charge in [0.15, 0.2) is 0 Å². The molecule has 0 radical (unpaired) electrons. The van der Waals surface area contributed by atoms with E-state index in [9.17, 15) is 9.90 Å². The first-order valence-corrected chi connectivity index (χ1v) is 19.9. The van der Waals surface area contributed by atoms with Gasteiger partial charge >= 0.3 is 16.4 Å². The van der Waals surface area contributed by atoms with E-state index in [1.807, 2.05) is 12.1 Å². The van der Waals surface area contributed by atoms with E-state index in [1.165, 1.54) is 74.1 Å². The summed E-state index contributed by atoms with van der Waals surface area (Å²) in [7, 11) is -2.38. The van der Waals surface area contributed by atoms with Crippen molar-refractivity contribution in [1.82, 2.24) is 4.90 Å². The van der Waals surface area contributed by atoms with Gasteiger partial charge < -0.3 is 19.5 Å². The number of phenolic OH excluding ortho intramolecular Hbond substituents is 1. The molecule has 2 saturated carbocycles. The van der Waals surface area contributed by atoms with Gasteiger partial charge in [0.25, 0.3) is 0 Å². The van der Waals surface area contributed by atoms with E-state index in [4.69, 9.17) is 27.0 Å². The van der Waals surface area contributed by atoms with Crippen LogP contribution >= 0.6 is 0 Å². The summed E-state index contributed by atoms with van der Waals surface area (Å²) in [6.07, 6.45) is 12.3. The molecule has 3 aromatic carbocycles. The number of aromatic hydroxyl groups is 1. The van der Waals surface area contributed by atoms with Crippen molar-refractivity contribution in [1.29, 1.82) is 0 Å². The van der Waals surface area contributed by atoms with Crippen molar-refractivity contribution >= 4 is 16.4 Å². The molecule has 0 aromatic heterocycles. The van der Waals surface area contributed by atoms with Crippen LogP contribution in [0.4, 0.5) is 0 Å². The fourth-order valence-corrected chi connectivity index (χ4v) is 10.2. The average Bonchev–Trinajstić information content (AvgIpc) is 3.51. The maximum Gasteiger partial charge on any atom is 0.394 e. The Bertz CT molecular complexity index is 1680. The topological polar surface area (TPSA) is 134 Å². The summed E-state index contributed by atoms with van der Waals surface area (Å²) < 4.78 is 43.9. The molecule has 2 bridgehead atoms. The van der Waals surface area contributed by atoms with E-state index in [-0.39, 0.29) is 23.6 Å². The van der Waals surface area contributed by atoms with Crippen LogP contribution < -0.4 is 0 Å². The molecule has 3 aliphatic carbocycles. The maximum absolute atomic E-state index is 11.4. The quantitative estimate of drug-likeness (QED) is 0.178. The molecule has 7 atom stereocenters. The zero-order valence-corrected chi connectivity index (χ0v) is 30.8. The molecule has 276 valence electrons. The molecule has 9 nitrogen and oxygen atoms in total. The molecule has 0 spiro atoms. The Balaban J connectivity index is 0.000000156. The minimum Gasteiger partial charge on any atom is -0.508 e. The lowest BCUT2D eigenvalue weighted by Gasteiger charge is -2.50. The van der Waals surface area contributed by atoms with Gasteiger partial charge in [-0.15, -0.1) is 0 Å². The number of benzene rings is 3. The summed E-state index contributed by atoms with van der Waals surface area (Å²) in [5, 5.41) is 9.75. The zero-order valence-electron chi connectivity index (χ0n) is 29.9. The molecular formula is C41H53NO8S. The predicted molar refractivity (Wildman–Crippen MR) is 196 cm³/mol. The van der Waals surface area contributed by atoms with Gasteiger partial charge in [0.2, 0.25) is 0 Å². The highest BCUT2D eigenvalue weighted by Gasteiger charge is 2.56. The fraction of sp³-hybridized carbons (Fsp3) is 0.537. The number of hydrogen-bond acceptors (Lipinski definition) is 7. The normalized spacial score (nSPS) is 30.8. The Morgan fingerprint density at radius 1 is 0.863 bits per heavy atom. The van der Waals surface area contributed by atoms with Crippen LogP contribution in [0, 0.1) is 17.3 Å².